The Morgan fingerprint density at radius 1 is 1.47 bits per heavy atom. The predicted molar refractivity (Wildman–Crippen MR) is 70.4 cm³/mol. The molecule has 0 aromatic heterocycles. The summed E-state index contributed by atoms with van der Waals surface area (Å²) < 4.78 is 4.94. The molecular formula is C15H24O4. The van der Waals surface area contributed by atoms with Crippen LogP contribution in [0.1, 0.15) is 47.5 Å². The SMILES string of the molecule is CCOC(=O)C(C)(O)C1C(=O)C2(C)CC[C@H]1C2(C)C. The van der Waals surface area contributed by atoms with Crippen LogP contribution in [0.2, 0.25) is 0 Å². The highest BCUT2D eigenvalue weighted by molar-refractivity contribution is 5.97. The zero-order valence-corrected chi connectivity index (χ0v) is 12.4. The molecule has 0 aliphatic heterocycles. The van der Waals surface area contributed by atoms with Crippen LogP contribution in [0.4, 0.5) is 0 Å². The molecule has 0 heterocycles. The molecule has 1 N–H and O–H groups in total. The van der Waals surface area contributed by atoms with Crippen molar-refractivity contribution in [2.75, 3.05) is 6.61 Å². The van der Waals surface area contributed by atoms with E-state index in [0.29, 0.717) is 0 Å². The summed E-state index contributed by atoms with van der Waals surface area (Å²) in [6.45, 7) is 9.45. The molecule has 0 saturated heterocycles. The molecule has 4 heteroatoms. The Morgan fingerprint density at radius 3 is 2.47 bits per heavy atom. The molecule has 2 aliphatic rings. The van der Waals surface area contributed by atoms with Crippen molar-refractivity contribution in [3.63, 3.8) is 0 Å². The van der Waals surface area contributed by atoms with Crippen LogP contribution in [0.5, 0.6) is 0 Å². The minimum Gasteiger partial charge on any atom is -0.464 e. The first kappa shape index (κ1) is 14.5. The summed E-state index contributed by atoms with van der Waals surface area (Å²) in [6.07, 6.45) is 1.73. The minimum absolute atomic E-state index is 0.0202. The van der Waals surface area contributed by atoms with Gasteiger partial charge in [-0.3, -0.25) is 4.79 Å². The van der Waals surface area contributed by atoms with E-state index in [1.165, 1.54) is 6.92 Å². The minimum atomic E-state index is -1.72. The van der Waals surface area contributed by atoms with E-state index in [2.05, 4.69) is 13.8 Å². The smallest absolute Gasteiger partial charge is 0.338 e. The molecule has 2 fully saturated rings. The largest absolute Gasteiger partial charge is 0.464 e. The van der Waals surface area contributed by atoms with E-state index in [0.717, 1.165) is 12.8 Å². The third-order valence-corrected chi connectivity index (χ3v) is 5.83. The van der Waals surface area contributed by atoms with Gasteiger partial charge in [0.15, 0.2) is 5.60 Å². The van der Waals surface area contributed by atoms with Crippen LogP contribution in [0, 0.1) is 22.7 Å². The molecule has 0 aromatic carbocycles. The maximum atomic E-state index is 12.7. The van der Waals surface area contributed by atoms with Gasteiger partial charge in [-0.1, -0.05) is 20.8 Å². The van der Waals surface area contributed by atoms with Crippen molar-refractivity contribution >= 4 is 11.8 Å². The lowest BCUT2D eigenvalue weighted by Crippen LogP contribution is -2.51. The number of carbonyl (C=O) groups excluding carboxylic acids is 2. The van der Waals surface area contributed by atoms with Crippen LogP contribution >= 0.6 is 0 Å². The number of carbonyl (C=O) groups is 2. The third kappa shape index (κ3) is 1.62. The van der Waals surface area contributed by atoms with Crippen molar-refractivity contribution < 1.29 is 19.4 Å². The van der Waals surface area contributed by atoms with Gasteiger partial charge in [0.1, 0.15) is 5.78 Å². The maximum Gasteiger partial charge on any atom is 0.338 e. The van der Waals surface area contributed by atoms with Gasteiger partial charge in [-0.25, -0.2) is 4.79 Å². The van der Waals surface area contributed by atoms with Crippen molar-refractivity contribution in [2.24, 2.45) is 22.7 Å². The molecule has 108 valence electrons. The summed E-state index contributed by atoms with van der Waals surface area (Å²) in [5, 5.41) is 10.6. The van der Waals surface area contributed by atoms with Gasteiger partial charge >= 0.3 is 5.97 Å². The molecule has 2 saturated carbocycles. The zero-order chi connectivity index (χ0) is 14.6. The average molecular weight is 268 g/mol. The molecule has 3 unspecified atom stereocenters. The normalized spacial score (nSPS) is 39.2. The Labute approximate surface area is 114 Å². The highest BCUT2D eigenvalue weighted by Crippen LogP contribution is 2.67. The number of esters is 1. The zero-order valence-electron chi connectivity index (χ0n) is 12.4. The number of ketones is 1. The molecule has 19 heavy (non-hydrogen) atoms. The second-order valence-corrected chi connectivity index (χ2v) is 6.91. The first-order chi connectivity index (χ1) is 8.60. The van der Waals surface area contributed by atoms with Crippen LogP contribution in [-0.4, -0.2) is 29.1 Å². The number of Topliss-reactive ketones (excluding diaryl/α,β-unsaturated/α-hetero) is 1. The van der Waals surface area contributed by atoms with Crippen molar-refractivity contribution in [3.05, 3.63) is 0 Å². The number of hydrogen-bond donors (Lipinski definition) is 1. The Hall–Kier alpha value is -0.900. The van der Waals surface area contributed by atoms with Gasteiger partial charge in [0, 0.05) is 5.41 Å². The molecule has 4 nitrogen and oxygen atoms in total. The fourth-order valence-corrected chi connectivity index (χ4v) is 4.14. The predicted octanol–water partition coefficient (Wildman–Crippen LogP) is 1.94. The Bertz CT molecular complexity index is 424. The Balaban J connectivity index is 2.38. The molecule has 0 amide bonds. The molecule has 4 atom stereocenters. The standard InChI is InChI=1S/C15H24O4/c1-6-19-12(17)15(5,18)10-9-7-8-14(4,11(10)16)13(9,2)3/h9-10,18H,6-8H2,1-5H3/t9-,10?,14?,15?/m1/s1. The van der Waals surface area contributed by atoms with Gasteiger partial charge in [0.25, 0.3) is 0 Å². The van der Waals surface area contributed by atoms with Crippen LogP contribution < -0.4 is 0 Å². The van der Waals surface area contributed by atoms with Crippen LogP contribution in [0.25, 0.3) is 0 Å². The van der Waals surface area contributed by atoms with Gasteiger partial charge < -0.3 is 9.84 Å². The fourth-order valence-electron chi connectivity index (χ4n) is 4.14. The van der Waals surface area contributed by atoms with E-state index in [1.807, 2.05) is 6.92 Å². The molecule has 2 aliphatic carbocycles. The molecular weight excluding hydrogens is 244 g/mol. The molecule has 2 rings (SSSR count). The van der Waals surface area contributed by atoms with Gasteiger partial charge in [-0.15, -0.1) is 0 Å². The van der Waals surface area contributed by atoms with E-state index in [4.69, 9.17) is 4.74 Å². The number of fused-ring (bicyclic) bond motifs is 2. The van der Waals surface area contributed by atoms with Crippen LogP contribution in [-0.2, 0) is 14.3 Å². The Kier molecular flexibility index (Phi) is 3.09. The topological polar surface area (TPSA) is 63.6 Å². The van der Waals surface area contributed by atoms with Gasteiger partial charge in [-0.2, -0.15) is 0 Å². The summed E-state index contributed by atoms with van der Waals surface area (Å²) in [6, 6.07) is 0. The van der Waals surface area contributed by atoms with Crippen molar-refractivity contribution in [1.82, 2.24) is 0 Å². The summed E-state index contributed by atoms with van der Waals surface area (Å²) in [5.74, 6) is -1.25. The number of aliphatic hydroxyl groups is 1. The molecule has 2 bridgehead atoms. The second-order valence-electron chi connectivity index (χ2n) is 6.91. The summed E-state index contributed by atoms with van der Waals surface area (Å²) >= 11 is 0. The van der Waals surface area contributed by atoms with Crippen LogP contribution in [0.3, 0.4) is 0 Å². The first-order valence-electron chi connectivity index (χ1n) is 7.04. The van der Waals surface area contributed by atoms with E-state index < -0.39 is 22.9 Å². The van der Waals surface area contributed by atoms with E-state index in [-0.39, 0.29) is 23.7 Å². The highest BCUT2D eigenvalue weighted by Gasteiger charge is 2.70. The van der Waals surface area contributed by atoms with E-state index >= 15 is 0 Å². The quantitative estimate of drug-likeness (QED) is 0.795. The maximum absolute atomic E-state index is 12.7. The van der Waals surface area contributed by atoms with E-state index in [1.54, 1.807) is 6.92 Å². The third-order valence-electron chi connectivity index (χ3n) is 5.83. The van der Waals surface area contributed by atoms with E-state index in [9.17, 15) is 14.7 Å². The van der Waals surface area contributed by atoms with Crippen molar-refractivity contribution in [3.8, 4) is 0 Å². The second kappa shape index (κ2) is 4.05. The summed E-state index contributed by atoms with van der Waals surface area (Å²) in [7, 11) is 0. The number of hydrogen-bond acceptors (Lipinski definition) is 4. The number of rotatable bonds is 3. The highest BCUT2D eigenvalue weighted by atomic mass is 16.5. The average Bonchev–Trinajstić information content (AvgIpc) is 2.61. The number of ether oxygens (including phenoxy) is 1. The van der Waals surface area contributed by atoms with Crippen molar-refractivity contribution in [1.29, 1.82) is 0 Å². The molecule has 0 aromatic rings. The van der Waals surface area contributed by atoms with Crippen LogP contribution in [0.15, 0.2) is 0 Å². The fraction of sp³-hybridized carbons (Fsp3) is 0.867. The summed E-state index contributed by atoms with van der Waals surface area (Å²) in [5.41, 5.74) is -2.32. The van der Waals surface area contributed by atoms with Crippen molar-refractivity contribution in [2.45, 2.75) is 53.1 Å². The Morgan fingerprint density at radius 2 is 2.05 bits per heavy atom. The lowest BCUT2D eigenvalue weighted by molar-refractivity contribution is -0.174. The monoisotopic (exact) mass is 268 g/mol. The van der Waals surface area contributed by atoms with Gasteiger partial charge in [0.2, 0.25) is 0 Å². The van der Waals surface area contributed by atoms with Gasteiger partial charge in [0.05, 0.1) is 12.5 Å². The molecule has 0 radical (unpaired) electrons. The first-order valence-corrected chi connectivity index (χ1v) is 7.04. The molecule has 0 spiro atoms. The lowest BCUT2D eigenvalue weighted by Gasteiger charge is -2.34. The summed E-state index contributed by atoms with van der Waals surface area (Å²) in [4.78, 5) is 24.7. The van der Waals surface area contributed by atoms with Gasteiger partial charge in [-0.05, 0) is 38.0 Å². The lowest BCUT2D eigenvalue weighted by atomic mass is 9.70.